The number of rotatable bonds is 7. The van der Waals surface area contributed by atoms with E-state index in [0.29, 0.717) is 23.6 Å². The zero-order valence-corrected chi connectivity index (χ0v) is 14.0. The lowest BCUT2D eigenvalue weighted by molar-refractivity contribution is 0.128. The third-order valence-electron chi connectivity index (χ3n) is 3.30. The predicted molar refractivity (Wildman–Crippen MR) is 87.9 cm³/mol. The second kappa shape index (κ2) is 8.36. The molecule has 0 fully saturated rings. The Morgan fingerprint density at radius 2 is 1.91 bits per heavy atom. The van der Waals surface area contributed by atoms with Crippen LogP contribution < -0.4 is 10.6 Å². The van der Waals surface area contributed by atoms with Gasteiger partial charge in [0.1, 0.15) is 0 Å². The lowest BCUT2D eigenvalue weighted by Crippen LogP contribution is -2.42. The summed E-state index contributed by atoms with van der Waals surface area (Å²) in [7, 11) is 0. The van der Waals surface area contributed by atoms with Gasteiger partial charge >= 0.3 is 6.03 Å². The van der Waals surface area contributed by atoms with Crippen LogP contribution in [0.2, 0.25) is 5.02 Å². The molecule has 22 heavy (non-hydrogen) atoms. The molecule has 0 saturated heterocycles. The van der Waals surface area contributed by atoms with Gasteiger partial charge < -0.3 is 20.8 Å². The van der Waals surface area contributed by atoms with Gasteiger partial charge in [0.05, 0.1) is 12.2 Å². The smallest absolute Gasteiger partial charge is 0.314 e. The molecule has 0 saturated carbocycles. The van der Waals surface area contributed by atoms with E-state index >= 15 is 0 Å². The summed E-state index contributed by atoms with van der Waals surface area (Å²) >= 11 is 5.99. The summed E-state index contributed by atoms with van der Waals surface area (Å²) in [5.74, 6) is 0. The Morgan fingerprint density at radius 1 is 1.27 bits per heavy atom. The van der Waals surface area contributed by atoms with Crippen LogP contribution in [-0.4, -0.2) is 35.4 Å². The number of benzene rings is 1. The van der Waals surface area contributed by atoms with Crippen molar-refractivity contribution in [2.75, 3.05) is 13.1 Å². The Kier molecular flexibility index (Phi) is 7.13. The van der Waals surface area contributed by atoms with Gasteiger partial charge in [-0.2, -0.15) is 0 Å². The predicted octanol–water partition coefficient (Wildman–Crippen LogP) is 2.47. The van der Waals surface area contributed by atoms with Gasteiger partial charge in [0.2, 0.25) is 0 Å². The highest BCUT2D eigenvalue weighted by Gasteiger charge is 2.21. The van der Waals surface area contributed by atoms with Gasteiger partial charge in [-0.15, -0.1) is 0 Å². The van der Waals surface area contributed by atoms with E-state index in [1.807, 2.05) is 13.8 Å². The van der Waals surface area contributed by atoms with Crippen molar-refractivity contribution in [2.24, 2.45) is 5.41 Å². The lowest BCUT2D eigenvalue weighted by atomic mass is 9.87. The molecule has 6 heteroatoms. The molecule has 1 rings (SSSR count). The van der Waals surface area contributed by atoms with Crippen LogP contribution in [-0.2, 0) is 0 Å². The fraction of sp³-hybridized carbons (Fsp3) is 0.562. The van der Waals surface area contributed by atoms with E-state index in [2.05, 4.69) is 10.6 Å². The van der Waals surface area contributed by atoms with Gasteiger partial charge in [0.25, 0.3) is 0 Å². The van der Waals surface area contributed by atoms with Crippen molar-refractivity contribution in [3.8, 4) is 0 Å². The van der Waals surface area contributed by atoms with E-state index in [9.17, 15) is 15.0 Å². The number of carbonyl (C=O) groups is 1. The van der Waals surface area contributed by atoms with E-state index in [1.54, 1.807) is 31.2 Å². The van der Waals surface area contributed by atoms with Crippen molar-refractivity contribution < 1.29 is 15.0 Å². The van der Waals surface area contributed by atoms with Crippen molar-refractivity contribution in [3.63, 3.8) is 0 Å². The van der Waals surface area contributed by atoms with Crippen LogP contribution >= 0.6 is 11.6 Å². The minimum atomic E-state index is -0.857. The Balaban J connectivity index is 2.39. The highest BCUT2D eigenvalue weighted by molar-refractivity contribution is 6.31. The molecule has 1 aromatic carbocycles. The minimum absolute atomic E-state index is 0.0758. The maximum atomic E-state index is 11.8. The van der Waals surface area contributed by atoms with Gasteiger partial charge in [-0.25, -0.2) is 4.79 Å². The van der Waals surface area contributed by atoms with Crippen LogP contribution in [0.5, 0.6) is 0 Å². The third kappa shape index (κ3) is 6.64. The number of halogens is 1. The summed E-state index contributed by atoms with van der Waals surface area (Å²) in [6.07, 6.45) is -0.679. The van der Waals surface area contributed by atoms with E-state index < -0.39 is 12.2 Å². The number of carbonyl (C=O) groups excluding carboxylic acids is 1. The summed E-state index contributed by atoms with van der Waals surface area (Å²) in [5, 5.41) is 25.3. The molecule has 1 aromatic rings. The van der Waals surface area contributed by atoms with Crippen molar-refractivity contribution in [3.05, 3.63) is 34.9 Å². The zero-order valence-electron chi connectivity index (χ0n) is 13.3. The topological polar surface area (TPSA) is 81.6 Å². The average Bonchev–Trinajstić information content (AvgIpc) is 2.42. The van der Waals surface area contributed by atoms with Crippen LogP contribution in [0.15, 0.2) is 24.3 Å². The molecule has 0 aromatic heterocycles. The maximum absolute atomic E-state index is 11.8. The largest absolute Gasteiger partial charge is 0.393 e. The standard InChI is InChI=1S/C16H25ClN2O3/c1-11(20)8-16(2,3)10-19-15(22)18-9-14(21)12-6-4-5-7-13(12)17/h4-7,11,14,20-21H,8-10H2,1-3H3,(H2,18,19,22). The first-order valence-electron chi connectivity index (χ1n) is 7.33. The molecule has 0 aliphatic rings. The first kappa shape index (κ1) is 18.7. The number of nitrogens with one attached hydrogen (secondary N) is 2. The quantitative estimate of drug-likeness (QED) is 0.620. The van der Waals surface area contributed by atoms with Gasteiger partial charge in [-0.05, 0) is 24.8 Å². The fourth-order valence-corrected chi connectivity index (χ4v) is 2.56. The summed E-state index contributed by atoms with van der Waals surface area (Å²) < 4.78 is 0. The normalized spacial score (nSPS) is 14.3. The average molecular weight is 329 g/mol. The molecule has 2 atom stereocenters. The summed E-state index contributed by atoms with van der Waals surface area (Å²) in [6.45, 7) is 6.18. The van der Waals surface area contributed by atoms with Gasteiger partial charge in [0, 0.05) is 23.7 Å². The number of hydrogen-bond donors (Lipinski definition) is 4. The molecule has 2 unspecified atom stereocenters. The molecular formula is C16H25ClN2O3. The summed E-state index contributed by atoms with van der Waals surface area (Å²) in [5.41, 5.74) is 0.381. The number of urea groups is 1. The van der Waals surface area contributed by atoms with Gasteiger partial charge in [-0.3, -0.25) is 0 Å². The SMILES string of the molecule is CC(O)CC(C)(C)CNC(=O)NCC(O)c1ccccc1Cl. The molecule has 0 spiro atoms. The summed E-state index contributed by atoms with van der Waals surface area (Å²) in [6, 6.07) is 6.62. The first-order valence-corrected chi connectivity index (χ1v) is 7.71. The molecule has 0 bridgehead atoms. The molecule has 0 radical (unpaired) electrons. The number of hydrogen-bond acceptors (Lipinski definition) is 3. The fourth-order valence-electron chi connectivity index (χ4n) is 2.30. The Bertz CT molecular complexity index is 492. The lowest BCUT2D eigenvalue weighted by Gasteiger charge is -2.26. The Labute approximate surface area is 136 Å². The monoisotopic (exact) mass is 328 g/mol. The Morgan fingerprint density at radius 3 is 2.50 bits per heavy atom. The molecule has 2 amide bonds. The molecule has 0 heterocycles. The number of aliphatic hydroxyl groups is 2. The van der Waals surface area contributed by atoms with Crippen LogP contribution in [0.1, 0.15) is 38.9 Å². The van der Waals surface area contributed by atoms with Crippen LogP contribution in [0.3, 0.4) is 0 Å². The van der Waals surface area contributed by atoms with Crippen LogP contribution in [0.4, 0.5) is 4.79 Å². The van der Waals surface area contributed by atoms with E-state index in [1.165, 1.54) is 0 Å². The number of aliphatic hydroxyl groups excluding tert-OH is 2. The van der Waals surface area contributed by atoms with Crippen LogP contribution in [0.25, 0.3) is 0 Å². The van der Waals surface area contributed by atoms with Gasteiger partial charge in [-0.1, -0.05) is 43.6 Å². The van der Waals surface area contributed by atoms with Gasteiger partial charge in [0.15, 0.2) is 0 Å². The minimum Gasteiger partial charge on any atom is -0.393 e. The molecule has 5 nitrogen and oxygen atoms in total. The maximum Gasteiger partial charge on any atom is 0.314 e. The zero-order chi connectivity index (χ0) is 16.8. The highest BCUT2D eigenvalue weighted by atomic mass is 35.5. The molecular weight excluding hydrogens is 304 g/mol. The second-order valence-corrected chi connectivity index (χ2v) is 6.73. The number of amides is 2. The van der Waals surface area contributed by atoms with Crippen molar-refractivity contribution in [2.45, 2.75) is 39.4 Å². The second-order valence-electron chi connectivity index (χ2n) is 6.32. The molecule has 0 aliphatic carbocycles. The molecule has 0 aliphatic heterocycles. The van der Waals surface area contributed by atoms with E-state index in [4.69, 9.17) is 11.6 Å². The first-order chi connectivity index (χ1) is 10.2. The molecule has 4 N–H and O–H groups in total. The summed E-state index contributed by atoms with van der Waals surface area (Å²) in [4.78, 5) is 11.8. The van der Waals surface area contributed by atoms with E-state index in [-0.39, 0.29) is 18.0 Å². The molecule has 124 valence electrons. The van der Waals surface area contributed by atoms with Crippen molar-refractivity contribution >= 4 is 17.6 Å². The third-order valence-corrected chi connectivity index (χ3v) is 3.64. The van der Waals surface area contributed by atoms with Crippen molar-refractivity contribution in [1.29, 1.82) is 0 Å². The van der Waals surface area contributed by atoms with E-state index in [0.717, 1.165) is 0 Å². The van der Waals surface area contributed by atoms with Crippen molar-refractivity contribution in [1.82, 2.24) is 10.6 Å². The van der Waals surface area contributed by atoms with Crippen LogP contribution in [0, 0.1) is 5.41 Å². The highest BCUT2D eigenvalue weighted by Crippen LogP contribution is 2.22. The Hall–Kier alpha value is -1.30.